The zero-order valence-corrected chi connectivity index (χ0v) is 21.6. The van der Waals surface area contributed by atoms with Crippen LogP contribution in [0.25, 0.3) is 16.9 Å². The number of hydrogen-bond acceptors (Lipinski definition) is 4. The maximum absolute atomic E-state index is 13.8. The number of rotatable bonds is 6. The van der Waals surface area contributed by atoms with Crippen LogP contribution in [0.2, 0.25) is 10.0 Å². The van der Waals surface area contributed by atoms with Gasteiger partial charge in [0.05, 0.1) is 22.8 Å². The number of carboxylic acid groups (broad SMARTS) is 1. The van der Waals surface area contributed by atoms with Crippen LogP contribution in [-0.2, 0) is 11.2 Å². The Morgan fingerprint density at radius 2 is 1.72 bits per heavy atom. The van der Waals surface area contributed by atoms with Gasteiger partial charge in [-0.1, -0.05) is 53.5 Å². The van der Waals surface area contributed by atoms with Crippen LogP contribution in [-0.4, -0.2) is 44.8 Å². The van der Waals surface area contributed by atoms with Gasteiger partial charge < -0.3 is 10.0 Å². The molecule has 1 saturated heterocycles. The van der Waals surface area contributed by atoms with E-state index in [1.54, 1.807) is 63.4 Å². The number of benzene rings is 2. The molecular formula is C27H23Cl2N3O3S. The number of aliphatic carboxylic acids is 1. The molecule has 2 aromatic heterocycles. The fourth-order valence-electron chi connectivity index (χ4n) is 4.68. The van der Waals surface area contributed by atoms with Crippen LogP contribution in [0, 0.1) is 0 Å². The molecule has 3 heterocycles. The molecule has 9 heteroatoms. The van der Waals surface area contributed by atoms with E-state index in [4.69, 9.17) is 23.2 Å². The van der Waals surface area contributed by atoms with Gasteiger partial charge in [-0.15, -0.1) is 11.3 Å². The first-order valence-electron chi connectivity index (χ1n) is 11.6. The van der Waals surface area contributed by atoms with Gasteiger partial charge >= 0.3 is 5.97 Å². The highest BCUT2D eigenvalue weighted by Gasteiger charge is 2.32. The van der Waals surface area contributed by atoms with Gasteiger partial charge in [0.2, 0.25) is 0 Å². The molecule has 5 rings (SSSR count). The average molecular weight is 540 g/mol. The van der Waals surface area contributed by atoms with Crippen LogP contribution in [0.5, 0.6) is 0 Å². The number of piperidine rings is 1. The molecule has 4 aromatic rings. The Bertz CT molecular complexity index is 1390. The molecule has 1 amide bonds. The van der Waals surface area contributed by atoms with Gasteiger partial charge in [0, 0.05) is 34.1 Å². The van der Waals surface area contributed by atoms with E-state index in [-0.39, 0.29) is 18.0 Å². The number of amides is 1. The van der Waals surface area contributed by atoms with Crippen molar-refractivity contribution in [3.63, 3.8) is 0 Å². The highest BCUT2D eigenvalue weighted by atomic mass is 35.5. The summed E-state index contributed by atoms with van der Waals surface area (Å²) in [4.78, 5) is 28.8. The molecule has 1 aliphatic rings. The molecule has 184 valence electrons. The third-order valence-corrected chi connectivity index (χ3v) is 8.05. The summed E-state index contributed by atoms with van der Waals surface area (Å²) in [5, 5.41) is 17.5. The minimum atomic E-state index is -1.05. The van der Waals surface area contributed by atoms with Crippen LogP contribution >= 0.6 is 34.5 Å². The van der Waals surface area contributed by atoms with Gasteiger partial charge in [-0.3, -0.25) is 9.59 Å². The molecular weight excluding hydrogens is 517 g/mol. The molecule has 2 aromatic carbocycles. The van der Waals surface area contributed by atoms with E-state index in [1.807, 2.05) is 6.07 Å². The number of carbonyl (C=O) groups is 2. The van der Waals surface area contributed by atoms with Crippen LogP contribution in [0.3, 0.4) is 0 Å². The standard InChI is InChI=1S/C27H23Cl2N3O3S/c28-19-9-7-18(8-10-19)26-20(16-24(33)34)25(30-32(26)22-5-2-1-4-21(22)29)27(35)31-13-11-17(12-14-31)23-6-3-15-36-23/h1-10,15,17H,11-14,16H2,(H,33,34). The fourth-order valence-corrected chi connectivity index (χ4v) is 5.92. The van der Waals surface area contributed by atoms with E-state index >= 15 is 0 Å². The third-order valence-electron chi connectivity index (χ3n) is 6.44. The lowest BCUT2D eigenvalue weighted by atomic mass is 9.94. The molecule has 0 radical (unpaired) electrons. The van der Waals surface area contributed by atoms with Crippen molar-refractivity contribution in [2.24, 2.45) is 0 Å². The Morgan fingerprint density at radius 1 is 1.00 bits per heavy atom. The Balaban J connectivity index is 1.58. The molecule has 0 bridgehead atoms. The lowest BCUT2D eigenvalue weighted by Crippen LogP contribution is -2.38. The smallest absolute Gasteiger partial charge is 0.307 e. The number of thiophene rings is 1. The number of halogens is 2. The van der Waals surface area contributed by atoms with Crippen molar-refractivity contribution in [2.45, 2.75) is 25.2 Å². The summed E-state index contributed by atoms with van der Waals surface area (Å²) < 4.78 is 1.58. The van der Waals surface area contributed by atoms with Crippen LogP contribution in [0.4, 0.5) is 0 Å². The molecule has 0 unspecified atom stereocenters. The molecule has 0 spiro atoms. The number of aromatic nitrogens is 2. The van der Waals surface area contributed by atoms with Gasteiger partial charge in [0.15, 0.2) is 5.69 Å². The monoisotopic (exact) mass is 539 g/mol. The number of likely N-dealkylation sites (tertiary alicyclic amines) is 1. The van der Waals surface area contributed by atoms with E-state index in [9.17, 15) is 14.7 Å². The van der Waals surface area contributed by atoms with Crippen molar-refractivity contribution in [2.75, 3.05) is 13.1 Å². The summed E-state index contributed by atoms with van der Waals surface area (Å²) in [6.45, 7) is 1.17. The third kappa shape index (κ3) is 4.91. The number of carbonyl (C=O) groups excluding carboxylic acids is 1. The van der Waals surface area contributed by atoms with Crippen LogP contribution in [0.15, 0.2) is 66.0 Å². The molecule has 0 aliphatic carbocycles. The molecule has 1 fully saturated rings. The van der Waals surface area contributed by atoms with E-state index in [2.05, 4.69) is 22.6 Å². The summed E-state index contributed by atoms with van der Waals surface area (Å²) in [5.41, 5.74) is 2.26. The SMILES string of the molecule is O=C(O)Cc1c(C(=O)N2CCC(c3cccs3)CC2)nn(-c2ccccc2Cl)c1-c1ccc(Cl)cc1. The number of carboxylic acids is 1. The average Bonchev–Trinajstić information content (AvgIpc) is 3.53. The summed E-state index contributed by atoms with van der Waals surface area (Å²) in [7, 11) is 0. The first-order valence-corrected chi connectivity index (χ1v) is 13.2. The molecule has 36 heavy (non-hydrogen) atoms. The fraction of sp³-hybridized carbons (Fsp3) is 0.222. The Labute approximate surface area is 222 Å². The second-order valence-corrected chi connectivity index (χ2v) is 10.5. The second kappa shape index (κ2) is 10.5. The normalized spacial score (nSPS) is 14.2. The Hall–Kier alpha value is -3.13. The quantitative estimate of drug-likeness (QED) is 0.301. The van der Waals surface area contributed by atoms with Crippen molar-refractivity contribution >= 4 is 46.4 Å². The minimum Gasteiger partial charge on any atom is -0.481 e. The topological polar surface area (TPSA) is 75.4 Å². The maximum atomic E-state index is 13.8. The van der Waals surface area contributed by atoms with Gasteiger partial charge in [0.1, 0.15) is 0 Å². The predicted octanol–water partition coefficient (Wildman–Crippen LogP) is 6.55. The maximum Gasteiger partial charge on any atom is 0.307 e. The highest BCUT2D eigenvalue weighted by Crippen LogP contribution is 2.35. The zero-order valence-electron chi connectivity index (χ0n) is 19.2. The van der Waals surface area contributed by atoms with E-state index in [1.165, 1.54) is 4.88 Å². The summed E-state index contributed by atoms with van der Waals surface area (Å²) in [6, 6.07) is 18.4. The summed E-state index contributed by atoms with van der Waals surface area (Å²) >= 11 is 14.4. The Kier molecular flexibility index (Phi) is 7.14. The molecule has 6 nitrogen and oxygen atoms in total. The highest BCUT2D eigenvalue weighted by molar-refractivity contribution is 7.10. The van der Waals surface area contributed by atoms with Gasteiger partial charge in [-0.2, -0.15) is 5.10 Å². The first kappa shape index (κ1) is 24.6. The predicted molar refractivity (Wildman–Crippen MR) is 143 cm³/mol. The van der Waals surface area contributed by atoms with Gasteiger partial charge in [0.25, 0.3) is 5.91 Å². The largest absolute Gasteiger partial charge is 0.481 e. The Morgan fingerprint density at radius 3 is 2.36 bits per heavy atom. The minimum absolute atomic E-state index is 0.136. The summed E-state index contributed by atoms with van der Waals surface area (Å²) in [5.74, 6) is -0.885. The van der Waals surface area contributed by atoms with Crippen molar-refractivity contribution in [3.05, 3.63) is 92.2 Å². The van der Waals surface area contributed by atoms with Gasteiger partial charge in [-0.05, 0) is 54.5 Å². The van der Waals surface area contributed by atoms with Crippen LogP contribution in [0.1, 0.15) is 39.7 Å². The summed E-state index contributed by atoms with van der Waals surface area (Å²) in [6.07, 6.45) is 1.36. The van der Waals surface area contributed by atoms with Crippen molar-refractivity contribution in [1.29, 1.82) is 0 Å². The van der Waals surface area contributed by atoms with Crippen molar-refractivity contribution < 1.29 is 14.7 Å². The van der Waals surface area contributed by atoms with Crippen LogP contribution < -0.4 is 0 Å². The van der Waals surface area contributed by atoms with Gasteiger partial charge in [-0.25, -0.2) is 4.68 Å². The molecule has 1 N–H and O–H groups in total. The lowest BCUT2D eigenvalue weighted by Gasteiger charge is -2.31. The number of hydrogen-bond donors (Lipinski definition) is 1. The molecule has 0 atom stereocenters. The number of nitrogens with zero attached hydrogens (tertiary/aromatic N) is 3. The zero-order chi connectivity index (χ0) is 25.2. The van der Waals surface area contributed by atoms with E-state index < -0.39 is 5.97 Å². The van der Waals surface area contributed by atoms with E-state index in [0.717, 1.165) is 12.8 Å². The first-order chi connectivity index (χ1) is 17.4. The van der Waals surface area contributed by atoms with E-state index in [0.29, 0.717) is 51.6 Å². The molecule has 0 saturated carbocycles. The number of para-hydroxylation sites is 1. The van der Waals surface area contributed by atoms with Crippen molar-refractivity contribution in [1.82, 2.24) is 14.7 Å². The lowest BCUT2D eigenvalue weighted by molar-refractivity contribution is -0.136. The molecule has 1 aliphatic heterocycles. The van der Waals surface area contributed by atoms with Crippen molar-refractivity contribution in [3.8, 4) is 16.9 Å². The second-order valence-electron chi connectivity index (χ2n) is 8.70.